The van der Waals surface area contributed by atoms with Crippen LogP contribution in [0.2, 0.25) is 10.4 Å². The van der Waals surface area contributed by atoms with Crippen LogP contribution in [0, 0.1) is 0 Å². The van der Waals surface area contributed by atoms with Crippen LogP contribution >= 0.6 is 39.1 Å². The topological polar surface area (TPSA) is 55.1 Å². The van der Waals surface area contributed by atoms with Gasteiger partial charge in [0.05, 0.1) is 5.69 Å². The number of anilines is 1. The highest BCUT2D eigenvalue weighted by molar-refractivity contribution is 9.10. The van der Waals surface area contributed by atoms with Crippen LogP contribution in [0.15, 0.2) is 33.3 Å². The molecular weight excluding hydrogens is 331 g/mol. The Kier molecular flexibility index (Phi) is 3.71. The second-order valence-electron chi connectivity index (χ2n) is 3.05. The molecule has 2 rings (SSSR count). The number of amides is 1. The van der Waals surface area contributed by atoms with E-state index in [1.54, 1.807) is 6.07 Å². The second kappa shape index (κ2) is 5.08. The van der Waals surface area contributed by atoms with E-state index in [9.17, 15) is 4.79 Å². The molecule has 17 heavy (non-hydrogen) atoms. The van der Waals surface area contributed by atoms with Gasteiger partial charge in [-0.3, -0.25) is 4.79 Å². The fourth-order valence-electron chi connectivity index (χ4n) is 1.13. The molecule has 0 spiro atoms. The van der Waals surface area contributed by atoms with E-state index in [0.29, 0.717) is 10.2 Å². The molecular formula is C10H5BrCl2N2O2. The Balaban J connectivity index is 2.21. The first-order valence-electron chi connectivity index (χ1n) is 4.44. The third-order valence-corrected chi connectivity index (χ3v) is 2.79. The van der Waals surface area contributed by atoms with E-state index in [4.69, 9.17) is 27.6 Å². The molecule has 0 fully saturated rings. The number of aromatic nitrogens is 1. The number of carbonyl (C=O) groups is 1. The fraction of sp³-hybridized carbons (Fsp3) is 0. The Morgan fingerprint density at radius 1 is 1.41 bits per heavy atom. The quantitative estimate of drug-likeness (QED) is 0.844. The van der Waals surface area contributed by atoms with Crippen LogP contribution in [0.25, 0.3) is 0 Å². The minimum atomic E-state index is -0.446. The summed E-state index contributed by atoms with van der Waals surface area (Å²) in [6.07, 6.45) is 1.53. The third-order valence-electron chi connectivity index (χ3n) is 1.85. The summed E-state index contributed by atoms with van der Waals surface area (Å²) in [6, 6.07) is 4.59. The molecule has 88 valence electrons. The molecule has 7 heteroatoms. The van der Waals surface area contributed by atoms with Gasteiger partial charge in [-0.15, -0.1) is 0 Å². The molecule has 2 aromatic rings. The molecule has 0 unspecified atom stereocenters. The lowest BCUT2D eigenvalue weighted by molar-refractivity contribution is 0.0996. The van der Waals surface area contributed by atoms with Crippen molar-refractivity contribution in [3.8, 4) is 0 Å². The van der Waals surface area contributed by atoms with Gasteiger partial charge < -0.3 is 9.73 Å². The lowest BCUT2D eigenvalue weighted by atomic mass is 10.3. The smallest absolute Gasteiger partial charge is 0.291 e. The number of hydrogen-bond donors (Lipinski definition) is 1. The van der Waals surface area contributed by atoms with E-state index in [1.807, 2.05) is 0 Å². The first-order valence-corrected chi connectivity index (χ1v) is 5.99. The minimum absolute atomic E-state index is 0.103. The summed E-state index contributed by atoms with van der Waals surface area (Å²) in [5.41, 5.74) is 0.388. The van der Waals surface area contributed by atoms with Gasteiger partial charge in [0.1, 0.15) is 0 Å². The number of pyridine rings is 1. The number of nitrogens with one attached hydrogen (secondary N) is 1. The Labute approximate surface area is 115 Å². The molecule has 0 bridgehead atoms. The zero-order valence-corrected chi connectivity index (χ0v) is 11.3. The zero-order valence-electron chi connectivity index (χ0n) is 8.21. The Morgan fingerprint density at radius 3 is 2.82 bits per heavy atom. The van der Waals surface area contributed by atoms with E-state index >= 15 is 0 Å². The van der Waals surface area contributed by atoms with Gasteiger partial charge in [-0.25, -0.2) is 4.98 Å². The minimum Gasteiger partial charge on any atom is -0.440 e. The van der Waals surface area contributed by atoms with Crippen molar-refractivity contribution in [1.29, 1.82) is 0 Å². The Morgan fingerprint density at radius 2 is 2.18 bits per heavy atom. The third kappa shape index (κ3) is 3.00. The maximum atomic E-state index is 11.7. The largest absolute Gasteiger partial charge is 0.440 e. The summed E-state index contributed by atoms with van der Waals surface area (Å²) >= 11 is 14.6. The fourth-order valence-corrected chi connectivity index (χ4v) is 1.76. The highest BCUT2D eigenvalue weighted by atomic mass is 79.9. The summed E-state index contributed by atoms with van der Waals surface area (Å²) < 4.78 is 5.67. The number of carbonyl (C=O) groups excluding carboxylic acids is 1. The van der Waals surface area contributed by atoms with Crippen LogP contribution in [-0.4, -0.2) is 10.9 Å². The Hall–Kier alpha value is -1.04. The van der Waals surface area contributed by atoms with E-state index in [-0.39, 0.29) is 16.1 Å². The molecule has 0 aliphatic heterocycles. The van der Waals surface area contributed by atoms with Crippen LogP contribution in [0.4, 0.5) is 5.69 Å². The van der Waals surface area contributed by atoms with E-state index in [1.165, 1.54) is 18.3 Å². The lowest BCUT2D eigenvalue weighted by Crippen LogP contribution is -2.11. The maximum Gasteiger partial charge on any atom is 0.291 e. The van der Waals surface area contributed by atoms with Gasteiger partial charge in [0, 0.05) is 10.7 Å². The normalized spacial score (nSPS) is 10.3. The maximum absolute atomic E-state index is 11.7. The lowest BCUT2D eigenvalue weighted by Gasteiger charge is -2.04. The molecule has 2 heterocycles. The first-order chi connectivity index (χ1) is 8.06. The van der Waals surface area contributed by atoms with Crippen LogP contribution in [0.1, 0.15) is 10.6 Å². The highest BCUT2D eigenvalue weighted by Crippen LogP contribution is 2.24. The van der Waals surface area contributed by atoms with E-state index in [2.05, 4.69) is 26.2 Å². The molecule has 0 saturated heterocycles. The van der Waals surface area contributed by atoms with E-state index in [0.717, 1.165) is 0 Å². The van der Waals surface area contributed by atoms with Crippen molar-refractivity contribution in [2.24, 2.45) is 0 Å². The average molecular weight is 336 g/mol. The van der Waals surface area contributed by atoms with Gasteiger partial charge in [0.2, 0.25) is 0 Å². The average Bonchev–Trinajstić information content (AvgIpc) is 2.70. The van der Waals surface area contributed by atoms with Crippen molar-refractivity contribution >= 4 is 50.7 Å². The number of nitrogens with zero attached hydrogens (tertiary/aromatic N) is 1. The summed E-state index contributed by atoms with van der Waals surface area (Å²) in [7, 11) is 0. The molecule has 1 N–H and O–H groups in total. The van der Waals surface area contributed by atoms with Gasteiger partial charge in [0.15, 0.2) is 16.1 Å². The molecule has 2 aromatic heterocycles. The van der Waals surface area contributed by atoms with Crippen molar-refractivity contribution < 1.29 is 9.21 Å². The summed E-state index contributed by atoms with van der Waals surface area (Å²) in [6.45, 7) is 0. The summed E-state index contributed by atoms with van der Waals surface area (Å²) in [5, 5.41) is 2.91. The number of rotatable bonds is 2. The summed E-state index contributed by atoms with van der Waals surface area (Å²) in [5.74, 6) is -0.343. The summed E-state index contributed by atoms with van der Waals surface area (Å²) in [4.78, 5) is 15.6. The molecule has 0 aromatic carbocycles. The van der Waals surface area contributed by atoms with Crippen molar-refractivity contribution in [2.45, 2.75) is 0 Å². The predicted octanol–water partition coefficient (Wildman–Crippen LogP) is 4.00. The predicted molar refractivity (Wildman–Crippen MR) is 68.6 cm³/mol. The first kappa shape index (κ1) is 12.4. The number of halogens is 3. The molecule has 0 aliphatic carbocycles. The van der Waals surface area contributed by atoms with Crippen molar-refractivity contribution in [3.63, 3.8) is 0 Å². The number of furan rings is 1. The number of hydrogen-bond acceptors (Lipinski definition) is 3. The van der Waals surface area contributed by atoms with Crippen molar-refractivity contribution in [3.05, 3.63) is 45.0 Å². The molecule has 0 aliphatic rings. The van der Waals surface area contributed by atoms with Crippen LogP contribution in [0.5, 0.6) is 0 Å². The molecule has 1 amide bonds. The zero-order chi connectivity index (χ0) is 12.4. The van der Waals surface area contributed by atoms with E-state index < -0.39 is 5.91 Å². The SMILES string of the molecule is O=C(Nc1cc(Br)cnc1Cl)c1ccc(Cl)o1. The second-order valence-corrected chi connectivity index (χ2v) is 4.70. The Bertz CT molecular complexity index is 571. The van der Waals surface area contributed by atoms with Crippen LogP contribution < -0.4 is 5.32 Å². The van der Waals surface area contributed by atoms with Gasteiger partial charge in [-0.1, -0.05) is 11.6 Å². The monoisotopic (exact) mass is 334 g/mol. The molecule has 4 nitrogen and oxygen atoms in total. The molecule has 0 atom stereocenters. The van der Waals surface area contributed by atoms with Gasteiger partial charge in [0.25, 0.3) is 5.91 Å². The van der Waals surface area contributed by atoms with Gasteiger partial charge >= 0.3 is 0 Å². The highest BCUT2D eigenvalue weighted by Gasteiger charge is 2.13. The van der Waals surface area contributed by atoms with Crippen molar-refractivity contribution in [1.82, 2.24) is 4.98 Å². The molecule has 0 saturated carbocycles. The standard InChI is InChI=1S/C10H5BrCl2N2O2/c11-5-3-6(9(13)14-4-5)15-10(16)7-1-2-8(12)17-7/h1-4H,(H,15,16). The van der Waals surface area contributed by atoms with Gasteiger partial charge in [-0.2, -0.15) is 0 Å². The van der Waals surface area contributed by atoms with Crippen LogP contribution in [0.3, 0.4) is 0 Å². The molecule has 0 radical (unpaired) electrons. The van der Waals surface area contributed by atoms with Gasteiger partial charge in [-0.05, 0) is 45.7 Å². The van der Waals surface area contributed by atoms with Crippen molar-refractivity contribution in [2.75, 3.05) is 5.32 Å². The van der Waals surface area contributed by atoms with Crippen LogP contribution in [-0.2, 0) is 0 Å².